The lowest BCUT2D eigenvalue weighted by Gasteiger charge is -2.19. The Morgan fingerprint density at radius 1 is 1.22 bits per heavy atom. The molecule has 0 fully saturated rings. The Balaban J connectivity index is 1.37. The highest BCUT2D eigenvalue weighted by atomic mass is 35.5. The van der Waals surface area contributed by atoms with Gasteiger partial charge in [-0.25, -0.2) is 0 Å². The number of carbonyl (C=O) groups excluding carboxylic acids is 1. The minimum absolute atomic E-state index is 0.0963. The van der Waals surface area contributed by atoms with Crippen molar-refractivity contribution in [3.05, 3.63) is 53.1 Å². The molecule has 3 heterocycles. The Morgan fingerprint density at radius 3 is 2.81 bits per heavy atom. The predicted molar refractivity (Wildman–Crippen MR) is 95.5 cm³/mol. The summed E-state index contributed by atoms with van der Waals surface area (Å²) in [7, 11) is 0. The molecule has 2 aromatic heterocycles. The molecule has 0 saturated carbocycles. The number of fused-ring (bicyclic) bond motifs is 1. The van der Waals surface area contributed by atoms with Crippen LogP contribution in [0.1, 0.15) is 11.5 Å². The smallest absolute Gasteiger partial charge is 0.246 e. The highest BCUT2D eigenvalue weighted by molar-refractivity contribution is 6.31. The lowest BCUT2D eigenvalue weighted by molar-refractivity contribution is -0.120. The van der Waals surface area contributed by atoms with Crippen LogP contribution in [-0.2, 0) is 17.8 Å². The fourth-order valence-corrected chi connectivity index (χ4v) is 2.81. The molecular weight excluding hydrogens is 372 g/mol. The first-order valence-electron chi connectivity index (χ1n) is 8.27. The Bertz CT molecular complexity index is 961. The van der Waals surface area contributed by atoms with E-state index in [1.54, 1.807) is 30.6 Å². The molecule has 27 heavy (non-hydrogen) atoms. The first kappa shape index (κ1) is 17.3. The van der Waals surface area contributed by atoms with Crippen molar-refractivity contribution >= 4 is 17.5 Å². The molecule has 1 aromatic carbocycles. The van der Waals surface area contributed by atoms with Crippen LogP contribution >= 0.6 is 11.6 Å². The van der Waals surface area contributed by atoms with Gasteiger partial charge in [0.25, 0.3) is 0 Å². The van der Waals surface area contributed by atoms with Crippen LogP contribution in [0.25, 0.3) is 11.4 Å². The van der Waals surface area contributed by atoms with Gasteiger partial charge in [0.05, 0.1) is 13.0 Å². The Kier molecular flexibility index (Phi) is 4.88. The van der Waals surface area contributed by atoms with Crippen LogP contribution in [0, 0.1) is 0 Å². The fourth-order valence-electron chi connectivity index (χ4n) is 2.59. The maximum absolute atomic E-state index is 12.2. The summed E-state index contributed by atoms with van der Waals surface area (Å²) < 4.78 is 16.1. The average molecular weight is 387 g/mol. The van der Waals surface area contributed by atoms with Gasteiger partial charge in [0.1, 0.15) is 13.2 Å². The lowest BCUT2D eigenvalue weighted by atomic mass is 10.1. The molecule has 9 heteroatoms. The van der Waals surface area contributed by atoms with Gasteiger partial charge in [-0.2, -0.15) is 4.98 Å². The van der Waals surface area contributed by atoms with Gasteiger partial charge in [0.2, 0.25) is 17.6 Å². The summed E-state index contributed by atoms with van der Waals surface area (Å²) in [6.07, 6.45) is 3.39. The zero-order chi connectivity index (χ0) is 18.6. The van der Waals surface area contributed by atoms with Gasteiger partial charge in [0.15, 0.2) is 11.5 Å². The number of benzene rings is 1. The monoisotopic (exact) mass is 386 g/mol. The molecule has 0 unspecified atom stereocenters. The molecule has 1 N–H and O–H groups in total. The van der Waals surface area contributed by atoms with Crippen molar-refractivity contribution in [2.75, 3.05) is 13.2 Å². The van der Waals surface area contributed by atoms with Crippen LogP contribution in [0.4, 0.5) is 0 Å². The van der Waals surface area contributed by atoms with Crippen LogP contribution in [0.5, 0.6) is 11.5 Å². The van der Waals surface area contributed by atoms with Crippen molar-refractivity contribution in [3.8, 4) is 22.9 Å². The molecular formula is C18H15ClN4O4. The molecule has 0 bridgehead atoms. The molecule has 3 aromatic rings. The molecule has 1 aliphatic heterocycles. The molecule has 8 nitrogen and oxygen atoms in total. The van der Waals surface area contributed by atoms with Crippen molar-refractivity contribution < 1.29 is 18.8 Å². The number of ether oxygens (including phenoxy) is 2. The van der Waals surface area contributed by atoms with Crippen molar-refractivity contribution in [3.63, 3.8) is 0 Å². The number of aromatic nitrogens is 3. The molecule has 1 aliphatic rings. The SMILES string of the molecule is O=C(Cc1cc2c(cc1Cl)OCCO2)NCc1nc(-c2cccnc2)no1. The number of hydrogen-bond acceptors (Lipinski definition) is 7. The maximum atomic E-state index is 12.2. The molecule has 0 atom stereocenters. The quantitative estimate of drug-likeness (QED) is 0.718. The number of carbonyl (C=O) groups is 1. The van der Waals surface area contributed by atoms with Gasteiger partial charge >= 0.3 is 0 Å². The lowest BCUT2D eigenvalue weighted by Crippen LogP contribution is -2.25. The van der Waals surface area contributed by atoms with Gasteiger partial charge in [-0.15, -0.1) is 0 Å². The van der Waals surface area contributed by atoms with Crippen LogP contribution in [0.15, 0.2) is 41.2 Å². The summed E-state index contributed by atoms with van der Waals surface area (Å²) >= 11 is 6.23. The molecule has 0 spiro atoms. The van der Waals surface area contributed by atoms with Crippen molar-refractivity contribution in [2.24, 2.45) is 0 Å². The van der Waals surface area contributed by atoms with E-state index >= 15 is 0 Å². The normalized spacial score (nSPS) is 12.6. The molecule has 0 saturated heterocycles. The first-order valence-corrected chi connectivity index (χ1v) is 8.64. The van der Waals surface area contributed by atoms with Gasteiger partial charge in [-0.3, -0.25) is 9.78 Å². The second-order valence-corrected chi connectivity index (χ2v) is 6.20. The number of pyridine rings is 1. The largest absolute Gasteiger partial charge is 0.486 e. The van der Waals surface area contributed by atoms with Crippen LogP contribution in [0.3, 0.4) is 0 Å². The first-order chi connectivity index (χ1) is 13.2. The predicted octanol–water partition coefficient (Wildman–Crippen LogP) is 2.42. The summed E-state index contributed by atoms with van der Waals surface area (Å²) in [5.41, 5.74) is 1.39. The van der Waals surface area contributed by atoms with Crippen molar-refractivity contribution in [1.29, 1.82) is 0 Å². The summed E-state index contributed by atoms with van der Waals surface area (Å²) in [6.45, 7) is 1.07. The third-order valence-corrected chi connectivity index (χ3v) is 4.24. The Hall–Kier alpha value is -3.13. The van der Waals surface area contributed by atoms with Crippen LogP contribution in [-0.4, -0.2) is 34.2 Å². The molecule has 138 valence electrons. The van der Waals surface area contributed by atoms with E-state index in [9.17, 15) is 4.79 Å². The second kappa shape index (κ2) is 7.63. The van der Waals surface area contributed by atoms with Gasteiger partial charge in [-0.05, 0) is 23.8 Å². The molecule has 0 radical (unpaired) electrons. The number of nitrogens with zero attached hydrogens (tertiary/aromatic N) is 3. The third-order valence-electron chi connectivity index (χ3n) is 3.89. The van der Waals surface area contributed by atoms with E-state index in [4.69, 9.17) is 25.6 Å². The highest BCUT2D eigenvalue weighted by Gasteiger charge is 2.17. The summed E-state index contributed by atoms with van der Waals surface area (Å²) in [5.74, 6) is 1.67. The number of hydrogen-bond donors (Lipinski definition) is 1. The van der Waals surface area contributed by atoms with E-state index in [2.05, 4.69) is 20.4 Å². The number of nitrogens with one attached hydrogen (secondary N) is 1. The Morgan fingerprint density at radius 2 is 2.04 bits per heavy atom. The fraction of sp³-hybridized carbons (Fsp3) is 0.222. The molecule has 4 rings (SSSR count). The number of rotatable bonds is 5. The van der Waals surface area contributed by atoms with Crippen molar-refractivity contribution in [2.45, 2.75) is 13.0 Å². The van der Waals surface area contributed by atoms with Gasteiger partial charge in [-0.1, -0.05) is 16.8 Å². The number of halogens is 1. The van der Waals surface area contributed by atoms with Crippen LogP contribution < -0.4 is 14.8 Å². The van der Waals surface area contributed by atoms with E-state index in [0.29, 0.717) is 47.0 Å². The second-order valence-electron chi connectivity index (χ2n) is 5.79. The standard InChI is InChI=1S/C18H15ClN4O4/c19-13-8-15-14(25-4-5-26-15)6-12(13)7-16(24)21-10-17-22-18(23-27-17)11-2-1-3-20-9-11/h1-3,6,8-9H,4-5,7,10H2,(H,21,24). The zero-order valence-corrected chi connectivity index (χ0v) is 14.9. The topological polar surface area (TPSA) is 99.4 Å². The van der Waals surface area contributed by atoms with Gasteiger partial charge in [0, 0.05) is 29.0 Å². The summed E-state index contributed by atoms with van der Waals surface area (Å²) in [6, 6.07) is 6.99. The minimum Gasteiger partial charge on any atom is -0.486 e. The molecule has 0 aliphatic carbocycles. The average Bonchev–Trinajstić information content (AvgIpc) is 3.17. The maximum Gasteiger partial charge on any atom is 0.246 e. The van der Waals surface area contributed by atoms with E-state index in [1.165, 1.54) is 0 Å². The third kappa shape index (κ3) is 4.01. The summed E-state index contributed by atoms with van der Waals surface area (Å²) in [4.78, 5) is 20.5. The highest BCUT2D eigenvalue weighted by Crippen LogP contribution is 2.35. The van der Waals surface area contributed by atoms with E-state index in [1.807, 2.05) is 6.07 Å². The van der Waals surface area contributed by atoms with Gasteiger partial charge < -0.3 is 19.3 Å². The minimum atomic E-state index is -0.227. The molecule has 1 amide bonds. The van der Waals surface area contributed by atoms with E-state index in [-0.39, 0.29) is 18.9 Å². The van der Waals surface area contributed by atoms with Crippen LogP contribution in [0.2, 0.25) is 5.02 Å². The van der Waals surface area contributed by atoms with E-state index in [0.717, 1.165) is 5.56 Å². The number of amides is 1. The van der Waals surface area contributed by atoms with E-state index < -0.39 is 0 Å². The summed E-state index contributed by atoms with van der Waals surface area (Å²) in [5, 5.41) is 7.07. The Labute approximate surface area is 159 Å². The zero-order valence-electron chi connectivity index (χ0n) is 14.1. The van der Waals surface area contributed by atoms with Crippen molar-refractivity contribution in [1.82, 2.24) is 20.4 Å².